The highest BCUT2D eigenvalue weighted by Gasteiger charge is 2.43. The molecule has 12 heavy (non-hydrogen) atoms. The number of hydrogen-bond donors (Lipinski definition) is 1. The Morgan fingerprint density at radius 3 is 2.25 bits per heavy atom. The van der Waals surface area contributed by atoms with Gasteiger partial charge in [0.1, 0.15) is 0 Å². The van der Waals surface area contributed by atoms with E-state index in [-0.39, 0.29) is 0 Å². The van der Waals surface area contributed by atoms with Gasteiger partial charge in [0.25, 0.3) is 0 Å². The molecular weight excluding hydrogens is 146 g/mol. The zero-order valence-corrected chi connectivity index (χ0v) is 8.56. The highest BCUT2D eigenvalue weighted by Crippen LogP contribution is 2.48. The summed E-state index contributed by atoms with van der Waals surface area (Å²) in [6.07, 6.45) is 5.77. The standard InChI is InChI=1S/C11H21N/c1-8(10-4-5-10)12-9(2)11(3)6-7-11/h8-10,12H,4-7H2,1-3H3. The van der Waals surface area contributed by atoms with Gasteiger partial charge in [-0.1, -0.05) is 6.92 Å². The molecule has 1 N–H and O–H groups in total. The van der Waals surface area contributed by atoms with Crippen LogP contribution in [0.4, 0.5) is 0 Å². The molecule has 0 bridgehead atoms. The molecular formula is C11H21N. The van der Waals surface area contributed by atoms with Gasteiger partial charge in [0, 0.05) is 12.1 Å². The summed E-state index contributed by atoms with van der Waals surface area (Å²) in [6.45, 7) is 7.11. The molecule has 0 aromatic rings. The van der Waals surface area contributed by atoms with E-state index in [4.69, 9.17) is 0 Å². The number of nitrogens with one attached hydrogen (secondary N) is 1. The topological polar surface area (TPSA) is 12.0 Å². The van der Waals surface area contributed by atoms with Gasteiger partial charge in [0.15, 0.2) is 0 Å². The van der Waals surface area contributed by atoms with Crippen molar-refractivity contribution in [3.05, 3.63) is 0 Å². The van der Waals surface area contributed by atoms with Crippen LogP contribution in [-0.2, 0) is 0 Å². The molecule has 2 unspecified atom stereocenters. The molecule has 1 heteroatoms. The Morgan fingerprint density at radius 1 is 1.25 bits per heavy atom. The summed E-state index contributed by atoms with van der Waals surface area (Å²) in [5.41, 5.74) is 0.642. The minimum atomic E-state index is 0.642. The fourth-order valence-corrected chi connectivity index (χ4v) is 1.96. The van der Waals surface area contributed by atoms with Crippen LogP contribution < -0.4 is 5.32 Å². The predicted octanol–water partition coefficient (Wildman–Crippen LogP) is 2.56. The van der Waals surface area contributed by atoms with E-state index in [0.717, 1.165) is 18.0 Å². The van der Waals surface area contributed by atoms with Crippen LogP contribution in [0.2, 0.25) is 0 Å². The summed E-state index contributed by atoms with van der Waals surface area (Å²) < 4.78 is 0. The van der Waals surface area contributed by atoms with Gasteiger partial charge >= 0.3 is 0 Å². The molecule has 0 amide bonds. The average Bonchev–Trinajstić information content (AvgIpc) is 2.79. The van der Waals surface area contributed by atoms with Crippen LogP contribution in [-0.4, -0.2) is 12.1 Å². The summed E-state index contributed by atoms with van der Waals surface area (Å²) in [6, 6.07) is 1.49. The van der Waals surface area contributed by atoms with Crippen molar-refractivity contribution in [2.24, 2.45) is 11.3 Å². The molecule has 1 nitrogen and oxygen atoms in total. The van der Waals surface area contributed by atoms with Crippen molar-refractivity contribution in [2.75, 3.05) is 0 Å². The summed E-state index contributed by atoms with van der Waals surface area (Å²) in [5, 5.41) is 3.74. The number of rotatable bonds is 4. The molecule has 2 atom stereocenters. The Kier molecular flexibility index (Phi) is 1.95. The Balaban J connectivity index is 1.77. The molecule has 0 aromatic carbocycles. The molecule has 2 aliphatic rings. The van der Waals surface area contributed by atoms with Crippen LogP contribution in [0.1, 0.15) is 46.5 Å². The van der Waals surface area contributed by atoms with Crippen LogP contribution in [0.25, 0.3) is 0 Å². The fraction of sp³-hybridized carbons (Fsp3) is 1.00. The van der Waals surface area contributed by atoms with E-state index in [1.165, 1.54) is 25.7 Å². The van der Waals surface area contributed by atoms with Crippen LogP contribution in [0, 0.1) is 11.3 Å². The van der Waals surface area contributed by atoms with Gasteiger partial charge in [-0.3, -0.25) is 0 Å². The Labute approximate surface area is 75.9 Å². The Hall–Kier alpha value is -0.0400. The molecule has 2 saturated carbocycles. The second kappa shape index (κ2) is 2.73. The van der Waals surface area contributed by atoms with Crippen molar-refractivity contribution in [1.82, 2.24) is 5.32 Å². The first-order chi connectivity index (χ1) is 5.62. The molecule has 0 radical (unpaired) electrons. The van der Waals surface area contributed by atoms with E-state index < -0.39 is 0 Å². The van der Waals surface area contributed by atoms with E-state index in [1.54, 1.807) is 0 Å². The summed E-state index contributed by atoms with van der Waals surface area (Å²) in [5.74, 6) is 0.995. The minimum Gasteiger partial charge on any atom is -0.311 e. The van der Waals surface area contributed by atoms with E-state index in [9.17, 15) is 0 Å². The lowest BCUT2D eigenvalue weighted by molar-refractivity contribution is 0.331. The predicted molar refractivity (Wildman–Crippen MR) is 52.1 cm³/mol. The molecule has 0 saturated heterocycles. The maximum absolute atomic E-state index is 3.74. The second-order valence-electron chi connectivity index (χ2n) is 5.17. The van der Waals surface area contributed by atoms with Crippen molar-refractivity contribution < 1.29 is 0 Å². The first-order valence-electron chi connectivity index (χ1n) is 5.38. The lowest BCUT2D eigenvalue weighted by Gasteiger charge is -2.24. The van der Waals surface area contributed by atoms with Crippen molar-refractivity contribution in [3.8, 4) is 0 Å². The average molecular weight is 167 g/mol. The third kappa shape index (κ3) is 1.66. The quantitative estimate of drug-likeness (QED) is 0.678. The maximum atomic E-state index is 3.74. The molecule has 2 aliphatic carbocycles. The Bertz CT molecular complexity index is 168. The monoisotopic (exact) mass is 167 g/mol. The molecule has 0 spiro atoms. The van der Waals surface area contributed by atoms with Gasteiger partial charge in [-0.05, 0) is 50.9 Å². The normalized spacial score (nSPS) is 31.2. The smallest absolute Gasteiger partial charge is 0.00951 e. The van der Waals surface area contributed by atoms with Gasteiger partial charge in [0.05, 0.1) is 0 Å². The third-order valence-corrected chi connectivity index (χ3v) is 3.93. The minimum absolute atomic E-state index is 0.642. The largest absolute Gasteiger partial charge is 0.311 e. The fourth-order valence-electron chi connectivity index (χ4n) is 1.96. The molecule has 70 valence electrons. The second-order valence-corrected chi connectivity index (χ2v) is 5.17. The first kappa shape index (κ1) is 8.55. The van der Waals surface area contributed by atoms with Crippen LogP contribution in [0.3, 0.4) is 0 Å². The van der Waals surface area contributed by atoms with Crippen molar-refractivity contribution >= 4 is 0 Å². The zero-order chi connectivity index (χ0) is 8.77. The maximum Gasteiger partial charge on any atom is 0.00951 e. The lowest BCUT2D eigenvalue weighted by atomic mass is 9.99. The SMILES string of the molecule is CC(NC(C)C1(C)CC1)C1CC1. The lowest BCUT2D eigenvalue weighted by Crippen LogP contribution is -2.40. The summed E-state index contributed by atoms with van der Waals surface area (Å²) in [7, 11) is 0. The van der Waals surface area contributed by atoms with Gasteiger partial charge in [-0.25, -0.2) is 0 Å². The van der Waals surface area contributed by atoms with Crippen molar-refractivity contribution in [3.63, 3.8) is 0 Å². The van der Waals surface area contributed by atoms with Gasteiger partial charge < -0.3 is 5.32 Å². The zero-order valence-electron chi connectivity index (χ0n) is 8.56. The summed E-state index contributed by atoms with van der Waals surface area (Å²) in [4.78, 5) is 0. The molecule has 0 aromatic heterocycles. The molecule has 0 aliphatic heterocycles. The molecule has 0 heterocycles. The van der Waals surface area contributed by atoms with Crippen LogP contribution >= 0.6 is 0 Å². The molecule has 2 fully saturated rings. The van der Waals surface area contributed by atoms with Gasteiger partial charge in [-0.2, -0.15) is 0 Å². The number of hydrogen-bond acceptors (Lipinski definition) is 1. The Morgan fingerprint density at radius 2 is 1.83 bits per heavy atom. The van der Waals surface area contributed by atoms with Crippen molar-refractivity contribution in [2.45, 2.75) is 58.5 Å². The highest BCUT2D eigenvalue weighted by atomic mass is 15.0. The van der Waals surface area contributed by atoms with E-state index in [0.29, 0.717) is 5.41 Å². The third-order valence-electron chi connectivity index (χ3n) is 3.93. The molecule has 2 rings (SSSR count). The summed E-state index contributed by atoms with van der Waals surface area (Å²) >= 11 is 0. The highest BCUT2D eigenvalue weighted by molar-refractivity contribution is 4.98. The van der Waals surface area contributed by atoms with Crippen LogP contribution in [0.15, 0.2) is 0 Å². The van der Waals surface area contributed by atoms with Gasteiger partial charge in [0.2, 0.25) is 0 Å². The van der Waals surface area contributed by atoms with E-state index in [1.807, 2.05) is 0 Å². The van der Waals surface area contributed by atoms with E-state index in [2.05, 4.69) is 26.1 Å². The van der Waals surface area contributed by atoms with Crippen molar-refractivity contribution in [1.29, 1.82) is 0 Å². The van der Waals surface area contributed by atoms with Crippen LogP contribution in [0.5, 0.6) is 0 Å². The van der Waals surface area contributed by atoms with Gasteiger partial charge in [-0.15, -0.1) is 0 Å². The van der Waals surface area contributed by atoms with E-state index >= 15 is 0 Å². The first-order valence-corrected chi connectivity index (χ1v) is 5.38.